The number of rotatable bonds is 6. The van der Waals surface area contributed by atoms with Crippen LogP contribution in [0.15, 0.2) is 78.9 Å². The van der Waals surface area contributed by atoms with Gasteiger partial charge in [-0.2, -0.15) is 5.01 Å². The Hall–Kier alpha value is -4.73. The molecule has 3 aromatic rings. The van der Waals surface area contributed by atoms with Gasteiger partial charge in [-0.05, 0) is 55.7 Å². The number of esters is 1. The number of hydrogen-bond donors (Lipinski definition) is 1. The van der Waals surface area contributed by atoms with E-state index in [0.717, 1.165) is 12.1 Å². The molecule has 0 aromatic heterocycles. The molecule has 1 N–H and O–H groups in total. The van der Waals surface area contributed by atoms with Crippen molar-refractivity contribution in [1.82, 2.24) is 10.4 Å². The molecule has 0 heterocycles. The van der Waals surface area contributed by atoms with Crippen LogP contribution >= 0.6 is 0 Å². The van der Waals surface area contributed by atoms with E-state index >= 15 is 0 Å². The Kier molecular flexibility index (Phi) is 8.18. The number of ether oxygens (including phenoxy) is 3. The molecule has 40 heavy (non-hydrogen) atoms. The molecule has 0 saturated heterocycles. The summed E-state index contributed by atoms with van der Waals surface area (Å²) in [6.07, 6.45) is -2.81. The fourth-order valence-corrected chi connectivity index (χ4v) is 4.24. The Morgan fingerprint density at radius 3 is 2.05 bits per heavy atom. The molecule has 4 rings (SSSR count). The van der Waals surface area contributed by atoms with E-state index in [-0.39, 0.29) is 24.3 Å². The summed E-state index contributed by atoms with van der Waals surface area (Å²) in [6, 6.07) is 20.9. The molecule has 1 aliphatic rings. The summed E-state index contributed by atoms with van der Waals surface area (Å²) < 4.78 is 30.4. The molecule has 0 spiro atoms. The molecule has 2 amide bonds. The Labute approximate surface area is 230 Å². The molecule has 1 aliphatic carbocycles. The number of ketones is 1. The summed E-state index contributed by atoms with van der Waals surface area (Å²) in [4.78, 5) is 54.1. The maximum atomic E-state index is 14.1. The van der Waals surface area contributed by atoms with Crippen LogP contribution in [0.3, 0.4) is 0 Å². The lowest BCUT2D eigenvalue weighted by molar-refractivity contribution is -0.166. The van der Waals surface area contributed by atoms with Crippen molar-refractivity contribution in [3.05, 3.63) is 107 Å². The topological polar surface area (TPSA) is 111 Å². The summed E-state index contributed by atoms with van der Waals surface area (Å²) >= 11 is 0. The fraction of sp³-hybridized carbons (Fsp3) is 0.267. The van der Waals surface area contributed by atoms with Gasteiger partial charge in [0.15, 0.2) is 0 Å². The summed E-state index contributed by atoms with van der Waals surface area (Å²) in [5.74, 6) is -2.63. The third kappa shape index (κ3) is 6.28. The Balaban J connectivity index is 1.71. The molecule has 0 bridgehead atoms. The number of hydrazine groups is 1. The van der Waals surface area contributed by atoms with Crippen LogP contribution in [0.2, 0.25) is 0 Å². The van der Waals surface area contributed by atoms with Crippen molar-refractivity contribution in [2.45, 2.75) is 51.5 Å². The second kappa shape index (κ2) is 11.6. The normalized spacial score (nSPS) is 16.1. The van der Waals surface area contributed by atoms with Crippen molar-refractivity contribution in [3.8, 4) is 0 Å². The molecule has 9 nitrogen and oxygen atoms in total. The first-order valence-corrected chi connectivity index (χ1v) is 12.5. The van der Waals surface area contributed by atoms with Crippen molar-refractivity contribution < 1.29 is 37.8 Å². The summed E-state index contributed by atoms with van der Waals surface area (Å²) in [5.41, 5.74) is 0.192. The monoisotopic (exact) mass is 548 g/mol. The Morgan fingerprint density at radius 2 is 1.48 bits per heavy atom. The number of Topliss-reactive ketones (excluding diaryl/α,β-unsaturated/α-hetero) is 1. The smallest absolute Gasteiger partial charge is 0.430 e. The second-order valence-electron chi connectivity index (χ2n) is 10.2. The summed E-state index contributed by atoms with van der Waals surface area (Å²) in [7, 11) is 0. The van der Waals surface area contributed by atoms with Crippen LogP contribution in [-0.4, -0.2) is 40.1 Å². The zero-order valence-corrected chi connectivity index (χ0v) is 22.3. The van der Waals surface area contributed by atoms with Crippen LogP contribution in [0.1, 0.15) is 47.8 Å². The molecule has 0 saturated carbocycles. The lowest BCUT2D eigenvalue weighted by Gasteiger charge is -2.37. The van der Waals surface area contributed by atoms with Crippen LogP contribution < -0.4 is 5.43 Å². The molecule has 0 fully saturated rings. The minimum Gasteiger partial charge on any atom is -0.458 e. The third-order valence-electron chi connectivity index (χ3n) is 6.06. The highest BCUT2D eigenvalue weighted by molar-refractivity contribution is 6.21. The standard InChI is InChI=1S/C30H29FN2O7/c1-29(2,3)40-26(35)30(17-22-16-23(31)14-15-24(22)25(30)34)33(28(37)39-19-21-12-8-5-9-13-21)32-27(36)38-18-20-10-6-4-7-11-20/h4-16H,17-19H2,1-3H3,(H,32,36)/t30-/m0/s1. The van der Waals surface area contributed by atoms with E-state index in [9.17, 15) is 23.6 Å². The average Bonchev–Trinajstić information content (AvgIpc) is 3.21. The first-order valence-electron chi connectivity index (χ1n) is 12.5. The number of benzene rings is 3. The number of nitrogens with one attached hydrogen (secondary N) is 1. The SMILES string of the molecule is CC(C)(C)OC(=O)[C@]1(N(NC(=O)OCc2ccccc2)C(=O)OCc2ccccc2)Cc2cc(F)ccc2C1=O. The largest absolute Gasteiger partial charge is 0.458 e. The number of halogens is 1. The number of nitrogens with zero attached hydrogens (tertiary/aromatic N) is 1. The van der Waals surface area contributed by atoms with E-state index in [0.29, 0.717) is 16.1 Å². The predicted molar refractivity (Wildman–Crippen MR) is 141 cm³/mol. The molecule has 0 radical (unpaired) electrons. The van der Waals surface area contributed by atoms with Crippen molar-refractivity contribution in [2.75, 3.05) is 0 Å². The third-order valence-corrected chi connectivity index (χ3v) is 6.06. The molecule has 0 aliphatic heterocycles. The number of fused-ring (bicyclic) bond motifs is 1. The summed E-state index contributed by atoms with van der Waals surface area (Å²) in [5, 5.41) is 0.498. The minimum absolute atomic E-state index is 0.00701. The Bertz CT molecular complexity index is 1410. The lowest BCUT2D eigenvalue weighted by atomic mass is 9.93. The van der Waals surface area contributed by atoms with Gasteiger partial charge in [-0.3, -0.25) is 4.79 Å². The van der Waals surface area contributed by atoms with Gasteiger partial charge in [0.05, 0.1) is 0 Å². The fourth-order valence-electron chi connectivity index (χ4n) is 4.24. The van der Waals surface area contributed by atoms with Crippen LogP contribution in [0, 0.1) is 5.82 Å². The van der Waals surface area contributed by atoms with Gasteiger partial charge in [0, 0.05) is 12.0 Å². The van der Waals surface area contributed by atoms with E-state index in [1.165, 1.54) is 6.07 Å². The summed E-state index contributed by atoms with van der Waals surface area (Å²) in [6.45, 7) is 4.38. The molecule has 10 heteroatoms. The highest BCUT2D eigenvalue weighted by atomic mass is 19.1. The van der Waals surface area contributed by atoms with Crippen molar-refractivity contribution in [3.63, 3.8) is 0 Å². The van der Waals surface area contributed by atoms with Crippen molar-refractivity contribution >= 4 is 23.9 Å². The van der Waals surface area contributed by atoms with E-state index in [2.05, 4.69) is 5.43 Å². The van der Waals surface area contributed by atoms with Gasteiger partial charge in [-0.1, -0.05) is 60.7 Å². The first kappa shape index (κ1) is 28.3. The molecule has 0 unspecified atom stereocenters. The van der Waals surface area contributed by atoms with E-state index in [1.807, 2.05) is 0 Å². The van der Waals surface area contributed by atoms with E-state index in [1.54, 1.807) is 81.4 Å². The molecule has 208 valence electrons. The molecular weight excluding hydrogens is 519 g/mol. The van der Waals surface area contributed by atoms with Crippen molar-refractivity contribution in [2.24, 2.45) is 0 Å². The molecule has 3 aromatic carbocycles. The minimum atomic E-state index is -2.43. The van der Waals surface area contributed by atoms with Gasteiger partial charge in [0.25, 0.3) is 0 Å². The van der Waals surface area contributed by atoms with E-state index in [4.69, 9.17) is 14.2 Å². The Morgan fingerprint density at radius 1 is 0.900 bits per heavy atom. The molecular formula is C30H29FN2O7. The molecule has 1 atom stereocenters. The van der Waals surface area contributed by atoms with Crippen LogP contribution in [0.5, 0.6) is 0 Å². The van der Waals surface area contributed by atoms with Gasteiger partial charge in [-0.15, -0.1) is 0 Å². The van der Waals surface area contributed by atoms with Crippen LogP contribution in [0.4, 0.5) is 14.0 Å². The van der Waals surface area contributed by atoms with Gasteiger partial charge in [-0.25, -0.2) is 24.2 Å². The number of hydrogen-bond acceptors (Lipinski definition) is 7. The zero-order chi connectivity index (χ0) is 28.9. The quantitative estimate of drug-likeness (QED) is 0.197. The maximum Gasteiger partial charge on any atom is 0.430 e. The van der Waals surface area contributed by atoms with Gasteiger partial charge < -0.3 is 14.2 Å². The predicted octanol–water partition coefficient (Wildman–Crippen LogP) is 5.13. The number of carbonyl (C=O) groups excluding carboxylic acids is 4. The van der Waals surface area contributed by atoms with Gasteiger partial charge >= 0.3 is 18.2 Å². The van der Waals surface area contributed by atoms with Gasteiger partial charge in [0.2, 0.25) is 11.3 Å². The average molecular weight is 549 g/mol. The van der Waals surface area contributed by atoms with Crippen molar-refractivity contribution in [1.29, 1.82) is 0 Å². The highest BCUT2D eigenvalue weighted by Gasteiger charge is 2.61. The van der Waals surface area contributed by atoms with Crippen LogP contribution in [-0.2, 0) is 38.6 Å². The number of carbonyl (C=O) groups is 4. The lowest BCUT2D eigenvalue weighted by Crippen LogP contribution is -2.68. The number of amides is 2. The van der Waals surface area contributed by atoms with Crippen LogP contribution in [0.25, 0.3) is 0 Å². The zero-order valence-electron chi connectivity index (χ0n) is 22.3. The van der Waals surface area contributed by atoms with Gasteiger partial charge in [0.1, 0.15) is 24.6 Å². The maximum absolute atomic E-state index is 14.1. The highest BCUT2D eigenvalue weighted by Crippen LogP contribution is 2.37. The second-order valence-corrected chi connectivity index (χ2v) is 10.2. The van der Waals surface area contributed by atoms with E-state index < -0.39 is 47.3 Å². The first-order chi connectivity index (χ1) is 19.0.